The number of hydrogen-bond acceptors (Lipinski definition) is 3. The van der Waals surface area contributed by atoms with Gasteiger partial charge in [0.25, 0.3) is 0 Å². The summed E-state index contributed by atoms with van der Waals surface area (Å²) in [6.45, 7) is 7.51. The van der Waals surface area contributed by atoms with Crippen molar-refractivity contribution in [3.8, 4) is 0 Å². The summed E-state index contributed by atoms with van der Waals surface area (Å²) in [5.41, 5.74) is 3.70. The Balaban J connectivity index is 1.53. The third-order valence-electron chi connectivity index (χ3n) is 5.34. The highest BCUT2D eigenvalue weighted by atomic mass is 16.2. The van der Waals surface area contributed by atoms with Gasteiger partial charge in [0.1, 0.15) is 5.82 Å². The molecule has 1 aromatic carbocycles. The molecule has 0 fully saturated rings. The highest BCUT2D eigenvalue weighted by molar-refractivity contribution is 5.76. The molecule has 1 atom stereocenters. The van der Waals surface area contributed by atoms with E-state index in [9.17, 15) is 9.59 Å². The number of rotatable bonds is 6. The maximum Gasteiger partial charge on any atom is 0.345 e. The van der Waals surface area contributed by atoms with Gasteiger partial charge in [-0.3, -0.25) is 9.36 Å². The average Bonchev–Trinajstić information content (AvgIpc) is 2.79. The van der Waals surface area contributed by atoms with Crippen LogP contribution in [0.5, 0.6) is 0 Å². The molecule has 2 heterocycles. The van der Waals surface area contributed by atoms with Gasteiger partial charge >= 0.3 is 5.69 Å². The SMILES string of the molecule is CCCn1nc2n(c1=O)CCC(NC(=O)CCc1ccc(C)cc1C)CC2. The van der Waals surface area contributed by atoms with Crippen molar-refractivity contribution >= 4 is 5.91 Å². The Hall–Kier alpha value is -2.37. The molecular weight excluding hydrogens is 340 g/mol. The van der Waals surface area contributed by atoms with Crippen molar-refractivity contribution in [2.24, 2.45) is 0 Å². The fourth-order valence-electron chi connectivity index (χ4n) is 3.80. The Bertz CT molecular complexity index is 866. The number of amides is 1. The lowest BCUT2D eigenvalue weighted by Crippen LogP contribution is -2.36. The summed E-state index contributed by atoms with van der Waals surface area (Å²) in [7, 11) is 0. The number of hydrogen-bond donors (Lipinski definition) is 1. The number of benzene rings is 1. The Kier molecular flexibility index (Phi) is 6.14. The van der Waals surface area contributed by atoms with Crippen LogP contribution in [-0.2, 0) is 30.7 Å². The minimum atomic E-state index is -0.0197. The minimum Gasteiger partial charge on any atom is -0.353 e. The van der Waals surface area contributed by atoms with E-state index in [1.54, 1.807) is 9.25 Å². The van der Waals surface area contributed by atoms with Gasteiger partial charge in [-0.15, -0.1) is 0 Å². The van der Waals surface area contributed by atoms with Crippen molar-refractivity contribution < 1.29 is 4.79 Å². The number of fused-ring (bicyclic) bond motifs is 1. The zero-order valence-electron chi connectivity index (χ0n) is 16.6. The van der Waals surface area contributed by atoms with Gasteiger partial charge in [0.05, 0.1) is 0 Å². The largest absolute Gasteiger partial charge is 0.353 e. The van der Waals surface area contributed by atoms with Crippen molar-refractivity contribution in [1.82, 2.24) is 19.7 Å². The molecule has 6 nitrogen and oxygen atoms in total. The second kappa shape index (κ2) is 8.55. The van der Waals surface area contributed by atoms with Gasteiger partial charge < -0.3 is 5.32 Å². The van der Waals surface area contributed by atoms with Gasteiger partial charge in [0, 0.05) is 32.0 Å². The molecule has 0 radical (unpaired) electrons. The van der Waals surface area contributed by atoms with E-state index >= 15 is 0 Å². The molecule has 0 aliphatic carbocycles. The fraction of sp³-hybridized carbons (Fsp3) is 0.571. The summed E-state index contributed by atoms with van der Waals surface area (Å²) < 4.78 is 3.34. The monoisotopic (exact) mass is 370 g/mol. The van der Waals surface area contributed by atoms with Gasteiger partial charge in [-0.25, -0.2) is 9.48 Å². The van der Waals surface area contributed by atoms with Crippen molar-refractivity contribution in [2.45, 2.75) is 78.4 Å². The number of nitrogens with zero attached hydrogens (tertiary/aromatic N) is 3. The maximum atomic E-state index is 12.4. The highest BCUT2D eigenvalue weighted by Gasteiger charge is 2.21. The predicted octanol–water partition coefficient (Wildman–Crippen LogP) is 2.53. The van der Waals surface area contributed by atoms with Crippen LogP contribution < -0.4 is 11.0 Å². The van der Waals surface area contributed by atoms with E-state index in [0.717, 1.165) is 37.9 Å². The molecule has 1 aliphatic rings. The first-order chi connectivity index (χ1) is 13.0. The summed E-state index contributed by atoms with van der Waals surface area (Å²) in [6.07, 6.45) is 4.49. The van der Waals surface area contributed by atoms with Crippen molar-refractivity contribution in [2.75, 3.05) is 0 Å². The second-order valence-electron chi connectivity index (χ2n) is 7.60. The third-order valence-corrected chi connectivity index (χ3v) is 5.34. The second-order valence-corrected chi connectivity index (χ2v) is 7.60. The van der Waals surface area contributed by atoms with Crippen LogP contribution in [0, 0.1) is 13.8 Å². The molecule has 3 rings (SSSR count). The lowest BCUT2D eigenvalue weighted by molar-refractivity contribution is -0.121. The van der Waals surface area contributed by atoms with E-state index in [-0.39, 0.29) is 17.6 Å². The van der Waals surface area contributed by atoms with Gasteiger partial charge in [-0.2, -0.15) is 5.10 Å². The lowest BCUT2D eigenvalue weighted by Gasteiger charge is -2.16. The highest BCUT2D eigenvalue weighted by Crippen LogP contribution is 2.14. The smallest absolute Gasteiger partial charge is 0.345 e. The number of aryl methyl sites for hydroxylation is 5. The van der Waals surface area contributed by atoms with Crippen molar-refractivity contribution in [1.29, 1.82) is 0 Å². The molecule has 0 spiro atoms. The first-order valence-corrected chi connectivity index (χ1v) is 10.00. The summed E-state index contributed by atoms with van der Waals surface area (Å²) in [6, 6.07) is 6.48. The van der Waals surface area contributed by atoms with Crippen LogP contribution in [0.3, 0.4) is 0 Å². The molecule has 1 unspecified atom stereocenters. The predicted molar refractivity (Wildman–Crippen MR) is 106 cm³/mol. The van der Waals surface area contributed by atoms with E-state index in [0.29, 0.717) is 19.5 Å². The molecule has 0 bridgehead atoms. The number of carbonyl (C=O) groups is 1. The zero-order chi connectivity index (χ0) is 19.4. The molecular formula is C21H30N4O2. The number of aromatic nitrogens is 3. The molecule has 0 saturated carbocycles. The quantitative estimate of drug-likeness (QED) is 0.849. The third kappa shape index (κ3) is 4.67. The number of nitrogens with one attached hydrogen (secondary N) is 1. The van der Waals surface area contributed by atoms with E-state index in [4.69, 9.17) is 0 Å². The molecule has 1 amide bonds. The van der Waals surface area contributed by atoms with Crippen LogP contribution in [0.4, 0.5) is 0 Å². The molecule has 1 aromatic heterocycles. The van der Waals surface area contributed by atoms with E-state index < -0.39 is 0 Å². The van der Waals surface area contributed by atoms with Gasteiger partial charge in [0.2, 0.25) is 5.91 Å². The van der Waals surface area contributed by atoms with Crippen molar-refractivity contribution in [3.63, 3.8) is 0 Å². The van der Waals surface area contributed by atoms with Gasteiger partial charge in [-0.1, -0.05) is 30.7 Å². The van der Waals surface area contributed by atoms with Gasteiger partial charge in [-0.05, 0) is 50.7 Å². The van der Waals surface area contributed by atoms with Crippen molar-refractivity contribution in [3.05, 3.63) is 51.2 Å². The summed E-state index contributed by atoms with van der Waals surface area (Å²) >= 11 is 0. The summed E-state index contributed by atoms with van der Waals surface area (Å²) in [4.78, 5) is 24.8. The topological polar surface area (TPSA) is 68.9 Å². The molecule has 2 aromatic rings. The van der Waals surface area contributed by atoms with Gasteiger partial charge in [0.15, 0.2) is 0 Å². The number of carbonyl (C=O) groups excluding carboxylic acids is 1. The van der Waals surface area contributed by atoms with E-state index in [1.165, 1.54) is 16.7 Å². The van der Waals surface area contributed by atoms with Crippen LogP contribution in [0.1, 0.15) is 55.1 Å². The normalized spacial score (nSPS) is 16.6. The molecule has 0 saturated heterocycles. The first kappa shape index (κ1) is 19.4. The molecule has 1 aliphatic heterocycles. The Morgan fingerprint density at radius 1 is 1.30 bits per heavy atom. The standard InChI is InChI=1S/C21H30N4O2/c1-4-12-25-21(27)24-13-11-18(8-9-19(24)23-25)22-20(26)10-7-17-6-5-15(2)14-16(17)3/h5-6,14,18H,4,7-13H2,1-3H3,(H,22,26). The molecule has 27 heavy (non-hydrogen) atoms. The summed E-state index contributed by atoms with van der Waals surface area (Å²) in [5, 5.41) is 7.62. The Morgan fingerprint density at radius 3 is 2.85 bits per heavy atom. The van der Waals surface area contributed by atoms with Crippen LogP contribution in [0.15, 0.2) is 23.0 Å². The zero-order valence-corrected chi connectivity index (χ0v) is 16.6. The Morgan fingerprint density at radius 2 is 2.11 bits per heavy atom. The minimum absolute atomic E-state index is 0.0197. The molecule has 146 valence electrons. The first-order valence-electron chi connectivity index (χ1n) is 10.00. The van der Waals surface area contributed by atoms with E-state index in [2.05, 4.69) is 42.5 Å². The Labute approximate surface area is 160 Å². The van der Waals surface area contributed by atoms with Crippen LogP contribution in [0.2, 0.25) is 0 Å². The van der Waals surface area contributed by atoms with E-state index in [1.807, 2.05) is 6.92 Å². The average molecular weight is 370 g/mol. The van der Waals surface area contributed by atoms with Crippen LogP contribution in [0.25, 0.3) is 0 Å². The fourth-order valence-corrected chi connectivity index (χ4v) is 3.80. The molecule has 1 N–H and O–H groups in total. The van der Waals surface area contributed by atoms with Crippen LogP contribution >= 0.6 is 0 Å². The van der Waals surface area contributed by atoms with Crippen LogP contribution in [-0.4, -0.2) is 26.3 Å². The maximum absolute atomic E-state index is 12.4. The lowest BCUT2D eigenvalue weighted by atomic mass is 10.0. The molecule has 6 heteroatoms. The summed E-state index contributed by atoms with van der Waals surface area (Å²) in [5.74, 6) is 0.934.